The van der Waals surface area contributed by atoms with Crippen LogP contribution in [-0.2, 0) is 16.1 Å². The van der Waals surface area contributed by atoms with Gasteiger partial charge in [0.2, 0.25) is 0 Å². The van der Waals surface area contributed by atoms with E-state index in [0.29, 0.717) is 10.6 Å². The van der Waals surface area contributed by atoms with Crippen LogP contribution in [0.15, 0.2) is 72.6 Å². The van der Waals surface area contributed by atoms with Crippen molar-refractivity contribution in [3.8, 4) is 0 Å². The van der Waals surface area contributed by atoms with Crippen molar-refractivity contribution < 1.29 is 19.6 Å². The quantitative estimate of drug-likeness (QED) is 0.181. The first-order valence-electron chi connectivity index (χ1n) is 9.65. The molecular formula is C23H15Cl2N3O5. The molecule has 1 saturated heterocycles. The predicted octanol–water partition coefficient (Wildman–Crippen LogP) is 4.92. The fourth-order valence-electron chi connectivity index (χ4n) is 3.65. The number of pyridine rings is 1. The molecule has 0 spiro atoms. The van der Waals surface area contributed by atoms with E-state index in [0.717, 1.165) is 5.56 Å². The molecule has 33 heavy (non-hydrogen) atoms. The van der Waals surface area contributed by atoms with Gasteiger partial charge in [0.15, 0.2) is 0 Å². The first-order chi connectivity index (χ1) is 15.8. The van der Waals surface area contributed by atoms with Gasteiger partial charge in [0.1, 0.15) is 5.76 Å². The molecule has 0 bridgehead atoms. The van der Waals surface area contributed by atoms with Crippen LogP contribution in [0.5, 0.6) is 0 Å². The number of nitrogens with zero attached hydrogens (tertiary/aromatic N) is 3. The minimum Gasteiger partial charge on any atom is -0.507 e. The van der Waals surface area contributed by atoms with Gasteiger partial charge in [-0.15, -0.1) is 0 Å². The minimum absolute atomic E-state index is 0.0784. The Bertz CT molecular complexity index is 1290. The number of carbonyl (C=O) groups is 2. The fourth-order valence-corrected chi connectivity index (χ4v) is 3.96. The van der Waals surface area contributed by atoms with Crippen molar-refractivity contribution in [1.29, 1.82) is 0 Å². The molecule has 10 heteroatoms. The smallest absolute Gasteiger partial charge is 0.295 e. The van der Waals surface area contributed by atoms with Crippen LogP contribution in [0.2, 0.25) is 10.0 Å². The van der Waals surface area contributed by atoms with E-state index >= 15 is 0 Å². The lowest BCUT2D eigenvalue weighted by Crippen LogP contribution is -2.29. The molecule has 1 aliphatic rings. The van der Waals surface area contributed by atoms with Crippen LogP contribution in [-0.4, -0.2) is 31.6 Å². The zero-order valence-electron chi connectivity index (χ0n) is 16.8. The molecule has 0 radical (unpaired) electrons. The van der Waals surface area contributed by atoms with Gasteiger partial charge in [-0.25, -0.2) is 0 Å². The molecule has 1 aromatic heterocycles. The number of non-ortho nitro benzene ring substituents is 1. The number of carbonyl (C=O) groups excluding carboxylic acids is 2. The van der Waals surface area contributed by atoms with E-state index in [1.165, 1.54) is 41.3 Å². The van der Waals surface area contributed by atoms with Gasteiger partial charge in [0.25, 0.3) is 17.4 Å². The molecule has 1 unspecified atom stereocenters. The SMILES string of the molecule is O=C1C(=O)N(Cc2ccncc2)C(c2ccc(Cl)c(Cl)c2)/C1=C(/O)c1ccc([N+](=O)[O-])cc1. The highest BCUT2D eigenvalue weighted by atomic mass is 35.5. The number of likely N-dealkylation sites (tertiary alicyclic amines) is 1. The normalized spacial score (nSPS) is 17.4. The van der Waals surface area contributed by atoms with E-state index in [1.54, 1.807) is 30.6 Å². The number of aliphatic hydroxyl groups excluding tert-OH is 1. The monoisotopic (exact) mass is 483 g/mol. The van der Waals surface area contributed by atoms with Gasteiger partial charge in [-0.1, -0.05) is 29.3 Å². The number of ketones is 1. The van der Waals surface area contributed by atoms with Gasteiger partial charge in [0.05, 0.1) is 26.6 Å². The van der Waals surface area contributed by atoms with Crippen molar-refractivity contribution in [3.05, 3.63) is 109 Å². The summed E-state index contributed by atoms with van der Waals surface area (Å²) in [4.78, 5) is 41.7. The lowest BCUT2D eigenvalue weighted by molar-refractivity contribution is -0.384. The second-order valence-corrected chi connectivity index (χ2v) is 8.07. The molecular weight excluding hydrogens is 469 g/mol. The number of rotatable bonds is 5. The summed E-state index contributed by atoms with van der Waals surface area (Å²) in [7, 11) is 0. The van der Waals surface area contributed by atoms with Crippen molar-refractivity contribution in [2.24, 2.45) is 0 Å². The zero-order chi connectivity index (χ0) is 23.7. The fraction of sp³-hybridized carbons (Fsp3) is 0.0870. The van der Waals surface area contributed by atoms with E-state index in [-0.39, 0.29) is 28.4 Å². The maximum absolute atomic E-state index is 13.0. The summed E-state index contributed by atoms with van der Waals surface area (Å²) in [5.74, 6) is -2.13. The van der Waals surface area contributed by atoms with Gasteiger partial charge < -0.3 is 10.0 Å². The number of Topliss-reactive ketones (excluding diaryl/α,β-unsaturated/α-hetero) is 1. The largest absolute Gasteiger partial charge is 0.507 e. The standard InChI is InChI=1S/C23H15Cl2N3O5/c24-17-6-3-15(11-18(17)25)20-19(21(29)14-1-4-16(5-2-14)28(32)33)22(30)23(31)27(20)12-13-7-9-26-10-8-13/h1-11,20,29H,12H2/b21-19-. The maximum atomic E-state index is 13.0. The Kier molecular flexibility index (Phi) is 6.13. The van der Waals surface area contributed by atoms with Crippen LogP contribution >= 0.6 is 23.2 Å². The molecule has 1 atom stereocenters. The average Bonchev–Trinajstić information content (AvgIpc) is 3.06. The second kappa shape index (κ2) is 9.01. The highest BCUT2D eigenvalue weighted by molar-refractivity contribution is 6.46. The van der Waals surface area contributed by atoms with Gasteiger partial charge >= 0.3 is 0 Å². The van der Waals surface area contributed by atoms with Crippen molar-refractivity contribution in [2.45, 2.75) is 12.6 Å². The molecule has 4 rings (SSSR count). The topological polar surface area (TPSA) is 114 Å². The van der Waals surface area contributed by atoms with E-state index in [1.807, 2.05) is 0 Å². The summed E-state index contributed by atoms with van der Waals surface area (Å²) in [6.07, 6.45) is 3.13. The number of aromatic nitrogens is 1. The highest BCUT2D eigenvalue weighted by Gasteiger charge is 2.46. The first-order valence-corrected chi connectivity index (χ1v) is 10.4. The Labute approximate surface area is 197 Å². The number of nitro benzene ring substituents is 1. The zero-order valence-corrected chi connectivity index (χ0v) is 18.3. The number of halogens is 2. The molecule has 1 amide bonds. The molecule has 2 aromatic carbocycles. The molecule has 3 aromatic rings. The summed E-state index contributed by atoms with van der Waals surface area (Å²) in [6, 6.07) is 12.2. The first kappa shape index (κ1) is 22.4. The molecule has 0 saturated carbocycles. The van der Waals surface area contributed by atoms with E-state index in [9.17, 15) is 24.8 Å². The van der Waals surface area contributed by atoms with Gasteiger partial charge in [-0.2, -0.15) is 0 Å². The van der Waals surface area contributed by atoms with Gasteiger partial charge in [-0.05, 0) is 47.5 Å². The molecule has 1 aliphatic heterocycles. The molecule has 1 fully saturated rings. The number of amides is 1. The summed E-state index contributed by atoms with van der Waals surface area (Å²) in [5, 5.41) is 22.5. The Balaban J connectivity index is 1.86. The van der Waals surface area contributed by atoms with Crippen LogP contribution in [0.1, 0.15) is 22.7 Å². The number of benzene rings is 2. The number of nitro groups is 1. The van der Waals surface area contributed by atoms with Crippen LogP contribution in [0.25, 0.3) is 5.76 Å². The Hall–Kier alpha value is -3.75. The maximum Gasteiger partial charge on any atom is 0.295 e. The number of aliphatic hydroxyl groups is 1. The summed E-state index contributed by atoms with van der Waals surface area (Å²) >= 11 is 12.2. The molecule has 2 heterocycles. The molecule has 0 aliphatic carbocycles. The van der Waals surface area contributed by atoms with Gasteiger partial charge in [-0.3, -0.25) is 24.7 Å². The Morgan fingerprint density at radius 2 is 1.70 bits per heavy atom. The van der Waals surface area contributed by atoms with Crippen LogP contribution in [0, 0.1) is 10.1 Å². The van der Waals surface area contributed by atoms with Crippen molar-refractivity contribution in [1.82, 2.24) is 9.88 Å². The van der Waals surface area contributed by atoms with Crippen molar-refractivity contribution in [2.75, 3.05) is 0 Å². The highest BCUT2D eigenvalue weighted by Crippen LogP contribution is 2.41. The lowest BCUT2D eigenvalue weighted by Gasteiger charge is -2.25. The van der Waals surface area contributed by atoms with E-state index < -0.39 is 28.4 Å². The Morgan fingerprint density at radius 3 is 2.30 bits per heavy atom. The number of hydrogen-bond donors (Lipinski definition) is 1. The second-order valence-electron chi connectivity index (χ2n) is 7.26. The van der Waals surface area contributed by atoms with Crippen molar-refractivity contribution in [3.63, 3.8) is 0 Å². The van der Waals surface area contributed by atoms with E-state index in [2.05, 4.69) is 4.98 Å². The summed E-state index contributed by atoms with van der Waals surface area (Å²) in [5.41, 5.74) is 1.04. The third-order valence-corrected chi connectivity index (χ3v) is 5.99. The molecule has 8 nitrogen and oxygen atoms in total. The lowest BCUT2D eigenvalue weighted by atomic mass is 9.95. The molecule has 1 N–H and O–H groups in total. The summed E-state index contributed by atoms with van der Waals surface area (Å²) < 4.78 is 0. The Morgan fingerprint density at radius 1 is 1.03 bits per heavy atom. The minimum atomic E-state index is -0.955. The predicted molar refractivity (Wildman–Crippen MR) is 122 cm³/mol. The van der Waals surface area contributed by atoms with Crippen LogP contribution in [0.3, 0.4) is 0 Å². The van der Waals surface area contributed by atoms with E-state index in [4.69, 9.17) is 23.2 Å². The third-order valence-electron chi connectivity index (χ3n) is 5.25. The summed E-state index contributed by atoms with van der Waals surface area (Å²) in [6.45, 7) is 0.0784. The van der Waals surface area contributed by atoms with Crippen molar-refractivity contribution >= 4 is 46.3 Å². The molecule has 166 valence electrons. The third kappa shape index (κ3) is 4.30. The van der Waals surface area contributed by atoms with Crippen LogP contribution < -0.4 is 0 Å². The van der Waals surface area contributed by atoms with Crippen LogP contribution in [0.4, 0.5) is 5.69 Å². The average molecular weight is 484 g/mol. The number of hydrogen-bond acceptors (Lipinski definition) is 6. The van der Waals surface area contributed by atoms with Gasteiger partial charge in [0, 0.05) is 36.6 Å².